The van der Waals surface area contributed by atoms with Crippen LogP contribution in [-0.4, -0.2) is 36.0 Å². The molecule has 2 rings (SSSR count). The first kappa shape index (κ1) is 19.4. The molecular weight excluding hydrogens is 358 g/mol. The van der Waals surface area contributed by atoms with Crippen LogP contribution >= 0.6 is 11.3 Å². The quantitative estimate of drug-likeness (QED) is 0.746. The third-order valence-corrected chi connectivity index (χ3v) is 4.09. The van der Waals surface area contributed by atoms with E-state index in [0.29, 0.717) is 5.75 Å². The molecule has 0 saturated carbocycles. The van der Waals surface area contributed by atoms with Crippen LogP contribution in [-0.2, 0) is 16.1 Å². The normalized spacial score (nSPS) is 11.3. The highest BCUT2D eigenvalue weighted by Crippen LogP contribution is 2.21. The number of aromatic nitrogens is 1. The molecule has 9 heteroatoms. The van der Waals surface area contributed by atoms with Gasteiger partial charge < -0.3 is 14.8 Å². The average Bonchev–Trinajstić information content (AvgIpc) is 3.05. The molecule has 2 aromatic rings. The summed E-state index contributed by atoms with van der Waals surface area (Å²) in [5.74, 6) is -1.13. The number of hydrogen-bond donors (Lipinski definition) is 2. The molecule has 2 N–H and O–H groups in total. The van der Waals surface area contributed by atoms with Crippen molar-refractivity contribution in [3.63, 3.8) is 0 Å². The van der Waals surface area contributed by atoms with Crippen LogP contribution in [0.2, 0.25) is 0 Å². The summed E-state index contributed by atoms with van der Waals surface area (Å²) in [6.45, 7) is 3.48. The zero-order valence-electron chi connectivity index (χ0n) is 14.6. The standard InChI is InChI=1S/C17H19N3O5S/c1-10(15(21)20-17(23)18-3)25-16(22)13-6-4-5-7-14(13)24-8-12-9-26-11(2)19-12/h4-7,9-10H,8H2,1-3H3,(H2,18,20,21,23)/t10-/m0/s1. The number of thiazole rings is 1. The van der Waals surface area contributed by atoms with Crippen LogP contribution in [0.1, 0.15) is 28.0 Å². The van der Waals surface area contributed by atoms with Gasteiger partial charge in [-0.05, 0) is 26.0 Å². The summed E-state index contributed by atoms with van der Waals surface area (Å²) >= 11 is 1.51. The lowest BCUT2D eigenvalue weighted by Crippen LogP contribution is -2.43. The first-order valence-electron chi connectivity index (χ1n) is 7.77. The fourth-order valence-corrected chi connectivity index (χ4v) is 2.54. The predicted molar refractivity (Wildman–Crippen MR) is 95.1 cm³/mol. The van der Waals surface area contributed by atoms with Crippen molar-refractivity contribution in [1.82, 2.24) is 15.6 Å². The summed E-state index contributed by atoms with van der Waals surface area (Å²) < 4.78 is 10.8. The van der Waals surface area contributed by atoms with Crippen molar-refractivity contribution in [2.24, 2.45) is 0 Å². The molecule has 1 aromatic heterocycles. The number of esters is 1. The van der Waals surface area contributed by atoms with Crippen molar-refractivity contribution >= 4 is 29.2 Å². The van der Waals surface area contributed by atoms with Crippen molar-refractivity contribution in [3.05, 3.63) is 45.9 Å². The lowest BCUT2D eigenvalue weighted by molar-refractivity contribution is -0.127. The van der Waals surface area contributed by atoms with Gasteiger partial charge in [-0.3, -0.25) is 10.1 Å². The van der Waals surface area contributed by atoms with E-state index >= 15 is 0 Å². The molecule has 1 atom stereocenters. The third-order valence-electron chi connectivity index (χ3n) is 3.27. The largest absolute Gasteiger partial charge is 0.486 e. The molecule has 1 aromatic carbocycles. The Morgan fingerprint density at radius 2 is 2.00 bits per heavy atom. The highest BCUT2D eigenvalue weighted by molar-refractivity contribution is 7.09. The lowest BCUT2D eigenvalue weighted by Gasteiger charge is -2.14. The van der Waals surface area contributed by atoms with Crippen molar-refractivity contribution in [2.45, 2.75) is 26.6 Å². The van der Waals surface area contributed by atoms with Gasteiger partial charge in [0.05, 0.1) is 10.7 Å². The van der Waals surface area contributed by atoms with Gasteiger partial charge in [-0.15, -0.1) is 11.3 Å². The lowest BCUT2D eigenvalue weighted by atomic mass is 10.2. The molecule has 138 valence electrons. The number of carbonyl (C=O) groups is 3. The van der Waals surface area contributed by atoms with Crippen molar-refractivity contribution in [2.75, 3.05) is 7.05 Å². The fourth-order valence-electron chi connectivity index (χ4n) is 1.94. The highest BCUT2D eigenvalue weighted by Gasteiger charge is 2.22. The summed E-state index contributed by atoms with van der Waals surface area (Å²) in [5.41, 5.74) is 0.938. The van der Waals surface area contributed by atoms with Crippen molar-refractivity contribution < 1.29 is 23.9 Å². The van der Waals surface area contributed by atoms with Gasteiger partial charge in [0.1, 0.15) is 17.9 Å². The number of ether oxygens (including phenoxy) is 2. The maximum atomic E-state index is 12.4. The van der Waals surface area contributed by atoms with Crippen LogP contribution in [0.15, 0.2) is 29.6 Å². The van der Waals surface area contributed by atoms with Gasteiger partial charge in [0, 0.05) is 12.4 Å². The second kappa shape index (κ2) is 8.95. The third kappa shape index (κ3) is 5.28. The van der Waals surface area contributed by atoms with Crippen molar-refractivity contribution in [3.8, 4) is 5.75 Å². The van der Waals surface area contributed by atoms with E-state index in [9.17, 15) is 14.4 Å². The van der Waals surface area contributed by atoms with Gasteiger partial charge in [0.15, 0.2) is 6.10 Å². The molecule has 0 aliphatic heterocycles. The molecule has 26 heavy (non-hydrogen) atoms. The second-order valence-corrected chi connectivity index (χ2v) is 6.32. The summed E-state index contributed by atoms with van der Waals surface area (Å²) in [6.07, 6.45) is -1.14. The van der Waals surface area contributed by atoms with E-state index in [1.165, 1.54) is 31.4 Å². The number of para-hydroxylation sites is 1. The zero-order chi connectivity index (χ0) is 19.1. The molecule has 0 saturated heterocycles. The smallest absolute Gasteiger partial charge is 0.342 e. The summed E-state index contributed by atoms with van der Waals surface area (Å²) in [4.78, 5) is 39.6. The van der Waals surface area contributed by atoms with E-state index in [0.717, 1.165) is 10.7 Å². The maximum Gasteiger partial charge on any atom is 0.342 e. The summed E-state index contributed by atoms with van der Waals surface area (Å²) in [5, 5.41) is 7.09. The monoisotopic (exact) mass is 377 g/mol. The molecule has 0 spiro atoms. The van der Waals surface area contributed by atoms with Crippen LogP contribution in [0.25, 0.3) is 0 Å². The number of hydrogen-bond acceptors (Lipinski definition) is 7. The summed E-state index contributed by atoms with van der Waals surface area (Å²) in [7, 11) is 1.37. The minimum atomic E-state index is -1.14. The van der Waals surface area contributed by atoms with Gasteiger partial charge in [0.25, 0.3) is 5.91 Å². The number of aryl methyl sites for hydroxylation is 1. The molecule has 8 nitrogen and oxygen atoms in total. The number of imide groups is 1. The second-order valence-electron chi connectivity index (χ2n) is 5.26. The number of nitrogens with one attached hydrogen (secondary N) is 2. The van der Waals surface area contributed by atoms with Gasteiger partial charge in [0.2, 0.25) is 0 Å². The van der Waals surface area contributed by atoms with E-state index in [1.54, 1.807) is 18.2 Å². The Hall–Kier alpha value is -2.94. The molecule has 0 aliphatic carbocycles. The Bertz CT molecular complexity index is 805. The van der Waals surface area contributed by atoms with E-state index in [4.69, 9.17) is 9.47 Å². The number of amides is 3. The molecule has 0 fully saturated rings. The van der Waals surface area contributed by atoms with Crippen LogP contribution in [0.5, 0.6) is 5.75 Å². The van der Waals surface area contributed by atoms with Gasteiger partial charge >= 0.3 is 12.0 Å². The Labute approximate surface area is 154 Å². The molecule has 0 bridgehead atoms. The van der Waals surface area contributed by atoms with Gasteiger partial charge in [-0.1, -0.05) is 12.1 Å². The molecule has 0 radical (unpaired) electrons. The van der Waals surface area contributed by atoms with Crippen LogP contribution in [0.3, 0.4) is 0 Å². The van der Waals surface area contributed by atoms with Crippen molar-refractivity contribution in [1.29, 1.82) is 0 Å². The molecule has 3 amide bonds. The SMILES string of the molecule is CNC(=O)NC(=O)[C@H](C)OC(=O)c1ccccc1OCc1csc(C)n1. The molecule has 1 heterocycles. The van der Waals surface area contributed by atoms with E-state index in [-0.39, 0.29) is 12.2 Å². The predicted octanol–water partition coefficient (Wildman–Crippen LogP) is 2.03. The van der Waals surface area contributed by atoms with Gasteiger partial charge in [-0.2, -0.15) is 0 Å². The average molecular weight is 377 g/mol. The molecule has 0 unspecified atom stereocenters. The maximum absolute atomic E-state index is 12.4. The topological polar surface area (TPSA) is 107 Å². The van der Waals surface area contributed by atoms with Crippen LogP contribution in [0.4, 0.5) is 4.79 Å². The Balaban J connectivity index is 2.02. The first-order chi connectivity index (χ1) is 12.4. The number of rotatable bonds is 6. The van der Waals surface area contributed by atoms with E-state index in [2.05, 4.69) is 10.3 Å². The number of urea groups is 1. The number of carbonyl (C=O) groups excluding carboxylic acids is 3. The van der Waals surface area contributed by atoms with E-state index in [1.807, 2.05) is 17.6 Å². The Morgan fingerprint density at radius 3 is 2.65 bits per heavy atom. The van der Waals surface area contributed by atoms with Gasteiger partial charge in [-0.25, -0.2) is 14.6 Å². The minimum Gasteiger partial charge on any atom is -0.486 e. The number of benzene rings is 1. The first-order valence-corrected chi connectivity index (χ1v) is 8.65. The van der Waals surface area contributed by atoms with Crippen LogP contribution in [0, 0.1) is 6.92 Å². The summed E-state index contributed by atoms with van der Waals surface area (Å²) in [6, 6.07) is 5.87. The number of nitrogens with zero attached hydrogens (tertiary/aromatic N) is 1. The Morgan fingerprint density at radius 1 is 1.27 bits per heavy atom. The molecular formula is C17H19N3O5S. The minimum absolute atomic E-state index is 0.180. The molecule has 0 aliphatic rings. The fraction of sp³-hybridized carbons (Fsp3) is 0.294. The van der Waals surface area contributed by atoms with E-state index < -0.39 is 24.0 Å². The Kier molecular flexibility index (Phi) is 6.67. The highest BCUT2D eigenvalue weighted by atomic mass is 32.1. The van der Waals surface area contributed by atoms with Crippen LogP contribution < -0.4 is 15.4 Å². The zero-order valence-corrected chi connectivity index (χ0v) is 15.4.